The van der Waals surface area contributed by atoms with Crippen LogP contribution >= 0.6 is 11.3 Å². The van der Waals surface area contributed by atoms with Crippen LogP contribution < -0.4 is 5.32 Å². The fraction of sp³-hybridized carbons (Fsp3) is 0.615. The largest absolute Gasteiger partial charge is 0.481 e. The van der Waals surface area contributed by atoms with E-state index in [-0.39, 0.29) is 18.5 Å². The third-order valence-corrected chi connectivity index (χ3v) is 4.59. The average Bonchev–Trinajstić information content (AvgIpc) is 2.92. The molecule has 7 heteroatoms. The topological polar surface area (TPSA) is 82.5 Å². The standard InChI is InChI=1S/C13H19N3O3S/c1-4-10-8(3)20-12(14-10)15-13(19)16-5-7(2)9(6-16)11(17)18/h7,9H,4-6H2,1-3H3,(H,17,18)(H,14,15,19). The van der Waals surface area contributed by atoms with E-state index < -0.39 is 11.9 Å². The van der Waals surface area contributed by atoms with E-state index in [9.17, 15) is 9.59 Å². The van der Waals surface area contributed by atoms with Gasteiger partial charge in [-0.25, -0.2) is 9.78 Å². The van der Waals surface area contributed by atoms with Crippen molar-refractivity contribution in [2.45, 2.75) is 27.2 Å². The summed E-state index contributed by atoms with van der Waals surface area (Å²) in [6, 6.07) is -0.267. The van der Waals surface area contributed by atoms with Crippen molar-refractivity contribution in [1.29, 1.82) is 0 Å². The fourth-order valence-electron chi connectivity index (χ4n) is 2.43. The molecule has 1 aliphatic heterocycles. The van der Waals surface area contributed by atoms with E-state index in [4.69, 9.17) is 5.11 Å². The number of thiazole rings is 1. The van der Waals surface area contributed by atoms with Crippen LogP contribution in [0.4, 0.5) is 9.93 Å². The zero-order valence-electron chi connectivity index (χ0n) is 11.8. The van der Waals surface area contributed by atoms with Gasteiger partial charge in [0.2, 0.25) is 0 Å². The molecule has 0 radical (unpaired) electrons. The number of hydrogen-bond donors (Lipinski definition) is 2. The second-order valence-electron chi connectivity index (χ2n) is 5.13. The van der Waals surface area contributed by atoms with Crippen molar-refractivity contribution in [3.63, 3.8) is 0 Å². The van der Waals surface area contributed by atoms with Gasteiger partial charge in [0.05, 0.1) is 11.6 Å². The summed E-state index contributed by atoms with van der Waals surface area (Å²) in [6.45, 7) is 6.58. The molecule has 2 unspecified atom stereocenters. The Labute approximate surface area is 121 Å². The van der Waals surface area contributed by atoms with Gasteiger partial charge in [0, 0.05) is 18.0 Å². The summed E-state index contributed by atoms with van der Waals surface area (Å²) in [5.41, 5.74) is 0.989. The average molecular weight is 297 g/mol. The Kier molecular flexibility index (Phi) is 4.27. The zero-order valence-corrected chi connectivity index (χ0v) is 12.7. The number of urea groups is 1. The number of anilines is 1. The highest BCUT2D eigenvalue weighted by molar-refractivity contribution is 7.15. The number of carbonyl (C=O) groups is 2. The molecule has 2 rings (SSSR count). The van der Waals surface area contributed by atoms with Crippen molar-refractivity contribution in [1.82, 2.24) is 9.88 Å². The molecule has 1 aromatic rings. The quantitative estimate of drug-likeness (QED) is 0.896. The lowest BCUT2D eigenvalue weighted by molar-refractivity contribution is -0.142. The van der Waals surface area contributed by atoms with E-state index in [0.717, 1.165) is 17.0 Å². The van der Waals surface area contributed by atoms with Gasteiger partial charge < -0.3 is 10.0 Å². The lowest BCUT2D eigenvalue weighted by Crippen LogP contribution is -2.33. The summed E-state index contributed by atoms with van der Waals surface area (Å²) >= 11 is 1.45. The van der Waals surface area contributed by atoms with Crippen molar-refractivity contribution < 1.29 is 14.7 Å². The molecule has 20 heavy (non-hydrogen) atoms. The molecule has 110 valence electrons. The highest BCUT2D eigenvalue weighted by atomic mass is 32.1. The number of hydrogen-bond acceptors (Lipinski definition) is 4. The minimum Gasteiger partial charge on any atom is -0.481 e. The molecule has 1 saturated heterocycles. The van der Waals surface area contributed by atoms with Gasteiger partial charge >= 0.3 is 12.0 Å². The van der Waals surface area contributed by atoms with Crippen LogP contribution in [0.5, 0.6) is 0 Å². The molecule has 1 fully saturated rings. The van der Waals surface area contributed by atoms with Crippen LogP contribution in [0.1, 0.15) is 24.4 Å². The van der Waals surface area contributed by atoms with Gasteiger partial charge in [0.15, 0.2) is 5.13 Å². The Hall–Kier alpha value is -1.63. The van der Waals surface area contributed by atoms with Crippen LogP contribution in [-0.2, 0) is 11.2 Å². The Balaban J connectivity index is 2.00. The summed E-state index contributed by atoms with van der Waals surface area (Å²) in [5.74, 6) is -1.35. The van der Waals surface area contributed by atoms with Crippen molar-refractivity contribution in [2.24, 2.45) is 11.8 Å². The maximum Gasteiger partial charge on any atom is 0.323 e. The molecule has 0 spiro atoms. The third-order valence-electron chi connectivity index (χ3n) is 3.66. The summed E-state index contributed by atoms with van der Waals surface area (Å²) in [7, 11) is 0. The molecule has 0 bridgehead atoms. The second kappa shape index (κ2) is 5.78. The maximum absolute atomic E-state index is 12.1. The van der Waals surface area contributed by atoms with Crippen molar-refractivity contribution in [2.75, 3.05) is 18.4 Å². The van der Waals surface area contributed by atoms with Gasteiger partial charge in [-0.1, -0.05) is 13.8 Å². The molecule has 2 amide bonds. The molecule has 1 aromatic heterocycles. The maximum atomic E-state index is 12.1. The molecular formula is C13H19N3O3S. The number of likely N-dealkylation sites (tertiary alicyclic amines) is 1. The molecule has 0 aliphatic carbocycles. The Morgan fingerprint density at radius 1 is 1.50 bits per heavy atom. The minimum absolute atomic E-state index is 0.0255. The number of carboxylic acid groups (broad SMARTS) is 1. The van der Waals surface area contributed by atoms with Crippen molar-refractivity contribution in [3.05, 3.63) is 10.6 Å². The molecule has 0 aromatic carbocycles. The van der Waals surface area contributed by atoms with Crippen LogP contribution in [0.25, 0.3) is 0 Å². The SMILES string of the molecule is CCc1nc(NC(=O)N2CC(C)C(C(=O)O)C2)sc1C. The number of nitrogens with one attached hydrogen (secondary N) is 1. The first-order chi connectivity index (χ1) is 9.42. The van der Waals surface area contributed by atoms with Gasteiger partial charge in [0.25, 0.3) is 0 Å². The molecule has 2 atom stereocenters. The van der Waals surface area contributed by atoms with Gasteiger partial charge in [0.1, 0.15) is 0 Å². The number of aliphatic carboxylic acids is 1. The molecule has 6 nitrogen and oxygen atoms in total. The predicted octanol–water partition coefficient (Wildman–Crippen LogP) is 2.20. The molecule has 2 heterocycles. The van der Waals surface area contributed by atoms with Crippen LogP contribution in [0.2, 0.25) is 0 Å². The van der Waals surface area contributed by atoms with Crippen molar-refractivity contribution >= 4 is 28.5 Å². The molecular weight excluding hydrogens is 278 g/mol. The van der Waals surface area contributed by atoms with Crippen molar-refractivity contribution in [3.8, 4) is 0 Å². The van der Waals surface area contributed by atoms with Crippen LogP contribution in [0, 0.1) is 18.8 Å². The molecule has 0 saturated carbocycles. The fourth-order valence-corrected chi connectivity index (χ4v) is 3.33. The van der Waals surface area contributed by atoms with Gasteiger partial charge in [-0.05, 0) is 19.3 Å². The number of carbonyl (C=O) groups excluding carboxylic acids is 1. The summed E-state index contributed by atoms with van der Waals surface area (Å²) < 4.78 is 0. The second-order valence-corrected chi connectivity index (χ2v) is 6.34. The number of nitrogens with zero attached hydrogens (tertiary/aromatic N) is 2. The highest BCUT2D eigenvalue weighted by Crippen LogP contribution is 2.26. The van der Waals surface area contributed by atoms with E-state index in [1.807, 2.05) is 20.8 Å². The van der Waals surface area contributed by atoms with Gasteiger partial charge in [-0.3, -0.25) is 10.1 Å². The predicted molar refractivity (Wildman–Crippen MR) is 77.1 cm³/mol. The normalized spacial score (nSPS) is 22.1. The van der Waals surface area contributed by atoms with Crippen LogP contribution in [-0.4, -0.2) is 40.1 Å². The van der Waals surface area contributed by atoms with E-state index in [2.05, 4.69) is 10.3 Å². The minimum atomic E-state index is -0.842. The summed E-state index contributed by atoms with van der Waals surface area (Å²) in [5, 5.41) is 12.4. The number of carboxylic acids is 1. The Morgan fingerprint density at radius 3 is 2.70 bits per heavy atom. The lowest BCUT2D eigenvalue weighted by atomic mass is 9.99. The number of rotatable bonds is 3. The molecule has 1 aliphatic rings. The van der Waals surface area contributed by atoms with E-state index in [0.29, 0.717) is 11.7 Å². The van der Waals surface area contributed by atoms with E-state index in [1.54, 1.807) is 4.90 Å². The Bertz CT molecular complexity index is 529. The van der Waals surface area contributed by atoms with Gasteiger partial charge in [-0.15, -0.1) is 11.3 Å². The lowest BCUT2D eigenvalue weighted by Gasteiger charge is -2.15. The zero-order chi connectivity index (χ0) is 14.9. The van der Waals surface area contributed by atoms with E-state index in [1.165, 1.54) is 11.3 Å². The smallest absolute Gasteiger partial charge is 0.323 e. The van der Waals surface area contributed by atoms with Crippen LogP contribution in [0.15, 0.2) is 0 Å². The number of amides is 2. The number of aromatic nitrogens is 1. The molecule has 2 N–H and O–H groups in total. The van der Waals surface area contributed by atoms with E-state index >= 15 is 0 Å². The van der Waals surface area contributed by atoms with Gasteiger partial charge in [-0.2, -0.15) is 0 Å². The van der Waals surface area contributed by atoms with Crippen LogP contribution in [0.3, 0.4) is 0 Å². The Morgan fingerprint density at radius 2 is 2.20 bits per heavy atom. The third kappa shape index (κ3) is 2.92. The first-order valence-electron chi connectivity index (χ1n) is 6.67. The first-order valence-corrected chi connectivity index (χ1v) is 7.49. The first kappa shape index (κ1) is 14.8. The summed E-state index contributed by atoms with van der Waals surface area (Å²) in [6.07, 6.45) is 0.833. The highest BCUT2D eigenvalue weighted by Gasteiger charge is 2.37. The monoisotopic (exact) mass is 297 g/mol. The number of aryl methyl sites for hydroxylation is 2. The summed E-state index contributed by atoms with van der Waals surface area (Å²) in [4.78, 5) is 30.2.